The molecule has 0 fully saturated rings. The number of hydrogen-bond acceptors (Lipinski definition) is 3. The average Bonchev–Trinajstić information content (AvgIpc) is 2.54. The Morgan fingerprint density at radius 3 is 2.24 bits per heavy atom. The number of hydrogen-bond donors (Lipinski definition) is 3. The van der Waals surface area contributed by atoms with Gasteiger partial charge in [-0.2, -0.15) is 0 Å². The van der Waals surface area contributed by atoms with Gasteiger partial charge in [0, 0.05) is 33.5 Å². The van der Waals surface area contributed by atoms with Gasteiger partial charge in [0.2, 0.25) is 11.8 Å². The summed E-state index contributed by atoms with van der Waals surface area (Å²) in [6.07, 6.45) is 0.404. The molecular weight excluding hydrogens is 361 g/mol. The first-order chi connectivity index (χ1) is 11.9. The van der Waals surface area contributed by atoms with E-state index in [2.05, 4.69) is 16.0 Å². The van der Waals surface area contributed by atoms with Crippen LogP contribution in [0.25, 0.3) is 0 Å². The maximum absolute atomic E-state index is 12.1. The molecule has 2 rings (SSSR count). The van der Waals surface area contributed by atoms with E-state index >= 15 is 0 Å². The Balaban J connectivity index is 1.97. The van der Waals surface area contributed by atoms with Gasteiger partial charge in [0.15, 0.2) is 0 Å². The van der Waals surface area contributed by atoms with Crippen LogP contribution < -0.4 is 16.0 Å². The zero-order valence-corrected chi connectivity index (χ0v) is 15.5. The topological polar surface area (TPSA) is 70.2 Å². The van der Waals surface area contributed by atoms with E-state index in [1.807, 2.05) is 19.1 Å². The largest absolute Gasteiger partial charge is 0.376 e. The van der Waals surface area contributed by atoms with Crippen molar-refractivity contribution in [3.05, 3.63) is 52.0 Å². The zero-order valence-electron chi connectivity index (χ0n) is 14.0. The predicted molar refractivity (Wildman–Crippen MR) is 104 cm³/mol. The summed E-state index contributed by atoms with van der Waals surface area (Å²) in [5, 5.41) is 9.48. The highest BCUT2D eigenvalue weighted by Crippen LogP contribution is 2.23. The molecule has 0 aliphatic carbocycles. The van der Waals surface area contributed by atoms with Crippen LogP contribution in [0.1, 0.15) is 18.9 Å². The Morgan fingerprint density at radius 2 is 1.60 bits per heavy atom. The summed E-state index contributed by atoms with van der Waals surface area (Å²) in [6, 6.07) is 10.4. The molecule has 0 aromatic heterocycles. The van der Waals surface area contributed by atoms with Crippen molar-refractivity contribution in [2.45, 2.75) is 20.3 Å². The molecule has 2 aromatic carbocycles. The van der Waals surface area contributed by atoms with Gasteiger partial charge in [-0.05, 0) is 42.8 Å². The Morgan fingerprint density at radius 1 is 0.920 bits per heavy atom. The van der Waals surface area contributed by atoms with E-state index in [-0.39, 0.29) is 18.4 Å². The number of benzene rings is 2. The van der Waals surface area contributed by atoms with E-state index in [1.54, 1.807) is 31.2 Å². The lowest BCUT2D eigenvalue weighted by Crippen LogP contribution is -2.21. The Kier molecular flexibility index (Phi) is 6.67. The highest BCUT2D eigenvalue weighted by molar-refractivity contribution is 6.35. The minimum absolute atomic E-state index is 0.0594. The number of aryl methyl sites for hydroxylation is 1. The van der Waals surface area contributed by atoms with Gasteiger partial charge in [0.25, 0.3) is 0 Å². The van der Waals surface area contributed by atoms with Crippen molar-refractivity contribution in [1.82, 2.24) is 0 Å². The maximum atomic E-state index is 12.1. The van der Waals surface area contributed by atoms with Gasteiger partial charge in [-0.1, -0.05) is 36.2 Å². The minimum atomic E-state index is -0.238. The summed E-state index contributed by atoms with van der Waals surface area (Å²) in [4.78, 5) is 23.6. The molecule has 0 atom stereocenters. The lowest BCUT2D eigenvalue weighted by Gasteiger charge is -2.12. The first kappa shape index (κ1) is 19.1. The summed E-state index contributed by atoms with van der Waals surface area (Å²) >= 11 is 11.8. The SMILES string of the molecule is CCC(=O)Nc1cc(NCC(=O)Nc2cc(Cl)cc(Cl)c2)ccc1C. The fraction of sp³-hybridized carbons (Fsp3) is 0.222. The molecule has 0 unspecified atom stereocenters. The second-order valence-electron chi connectivity index (χ2n) is 5.49. The molecule has 7 heteroatoms. The van der Waals surface area contributed by atoms with E-state index in [0.29, 0.717) is 22.2 Å². The van der Waals surface area contributed by atoms with Crippen LogP contribution in [0.5, 0.6) is 0 Å². The van der Waals surface area contributed by atoms with Gasteiger partial charge in [-0.25, -0.2) is 0 Å². The molecule has 2 amide bonds. The van der Waals surface area contributed by atoms with E-state index < -0.39 is 0 Å². The lowest BCUT2D eigenvalue weighted by atomic mass is 10.1. The van der Waals surface area contributed by atoms with Crippen LogP contribution in [-0.4, -0.2) is 18.4 Å². The predicted octanol–water partition coefficient (Wildman–Crippen LogP) is 4.70. The summed E-state index contributed by atoms with van der Waals surface area (Å²) < 4.78 is 0. The van der Waals surface area contributed by atoms with Gasteiger partial charge in [0.05, 0.1) is 6.54 Å². The Hall–Kier alpha value is -2.24. The Bertz CT molecular complexity index is 774. The normalized spacial score (nSPS) is 10.2. The third-order valence-electron chi connectivity index (χ3n) is 3.43. The number of carbonyl (C=O) groups is 2. The second kappa shape index (κ2) is 8.74. The average molecular weight is 380 g/mol. The molecule has 3 N–H and O–H groups in total. The lowest BCUT2D eigenvalue weighted by molar-refractivity contribution is -0.116. The summed E-state index contributed by atoms with van der Waals surface area (Å²) in [6.45, 7) is 3.76. The standard InChI is InChI=1S/C18H19Cl2N3O2/c1-3-17(24)23-16-9-14(5-4-11(16)2)21-10-18(25)22-15-7-12(19)6-13(20)8-15/h4-9,21H,3,10H2,1-2H3,(H,22,25)(H,23,24). The fourth-order valence-electron chi connectivity index (χ4n) is 2.12. The van der Waals surface area contributed by atoms with E-state index in [4.69, 9.17) is 23.2 Å². The summed E-state index contributed by atoms with van der Waals surface area (Å²) in [5.74, 6) is -0.297. The molecular formula is C18H19Cl2N3O2. The summed E-state index contributed by atoms with van der Waals surface area (Å²) in [7, 11) is 0. The molecule has 0 aliphatic rings. The van der Waals surface area contributed by atoms with E-state index in [1.165, 1.54) is 0 Å². The van der Waals surface area contributed by atoms with Crippen molar-refractivity contribution in [2.24, 2.45) is 0 Å². The molecule has 132 valence electrons. The van der Waals surface area contributed by atoms with Crippen LogP contribution in [0.15, 0.2) is 36.4 Å². The molecule has 2 aromatic rings. The third kappa shape index (κ3) is 5.96. The van der Waals surface area contributed by atoms with Crippen LogP contribution in [0.2, 0.25) is 10.0 Å². The van der Waals surface area contributed by atoms with E-state index in [0.717, 1.165) is 16.9 Å². The molecule has 0 saturated carbocycles. The minimum Gasteiger partial charge on any atom is -0.376 e. The number of nitrogens with one attached hydrogen (secondary N) is 3. The molecule has 0 saturated heterocycles. The molecule has 0 aliphatic heterocycles. The van der Waals surface area contributed by atoms with Crippen molar-refractivity contribution < 1.29 is 9.59 Å². The quantitative estimate of drug-likeness (QED) is 0.680. The zero-order chi connectivity index (χ0) is 18.4. The first-order valence-electron chi connectivity index (χ1n) is 7.77. The van der Waals surface area contributed by atoms with Crippen molar-refractivity contribution in [1.29, 1.82) is 0 Å². The van der Waals surface area contributed by atoms with Crippen molar-refractivity contribution >= 4 is 52.1 Å². The van der Waals surface area contributed by atoms with Crippen LogP contribution >= 0.6 is 23.2 Å². The monoisotopic (exact) mass is 379 g/mol. The van der Waals surface area contributed by atoms with Gasteiger partial charge in [-0.15, -0.1) is 0 Å². The van der Waals surface area contributed by atoms with Gasteiger partial charge in [0.1, 0.15) is 0 Å². The van der Waals surface area contributed by atoms with Crippen molar-refractivity contribution in [2.75, 3.05) is 22.5 Å². The fourth-order valence-corrected chi connectivity index (χ4v) is 2.64. The van der Waals surface area contributed by atoms with Crippen molar-refractivity contribution in [3.63, 3.8) is 0 Å². The molecule has 0 heterocycles. The number of carbonyl (C=O) groups excluding carboxylic acids is 2. The van der Waals surface area contributed by atoms with Gasteiger partial charge < -0.3 is 16.0 Å². The number of halogens is 2. The number of rotatable bonds is 6. The molecule has 0 spiro atoms. The third-order valence-corrected chi connectivity index (χ3v) is 3.87. The second-order valence-corrected chi connectivity index (χ2v) is 6.36. The molecule has 0 bridgehead atoms. The van der Waals surface area contributed by atoms with Crippen LogP contribution in [-0.2, 0) is 9.59 Å². The highest BCUT2D eigenvalue weighted by atomic mass is 35.5. The van der Waals surface area contributed by atoms with Crippen LogP contribution in [0, 0.1) is 6.92 Å². The molecule has 5 nitrogen and oxygen atoms in total. The maximum Gasteiger partial charge on any atom is 0.243 e. The smallest absolute Gasteiger partial charge is 0.243 e. The van der Waals surface area contributed by atoms with E-state index in [9.17, 15) is 9.59 Å². The summed E-state index contributed by atoms with van der Waals surface area (Å²) in [5.41, 5.74) is 2.93. The van der Waals surface area contributed by atoms with Gasteiger partial charge in [-0.3, -0.25) is 9.59 Å². The van der Waals surface area contributed by atoms with Crippen molar-refractivity contribution in [3.8, 4) is 0 Å². The highest BCUT2D eigenvalue weighted by Gasteiger charge is 2.07. The van der Waals surface area contributed by atoms with Crippen LogP contribution in [0.4, 0.5) is 17.1 Å². The molecule has 25 heavy (non-hydrogen) atoms. The Labute approximate surface area is 156 Å². The van der Waals surface area contributed by atoms with Crippen LogP contribution in [0.3, 0.4) is 0 Å². The number of anilines is 3. The molecule has 0 radical (unpaired) electrons. The first-order valence-corrected chi connectivity index (χ1v) is 8.53. The number of amides is 2. The van der Waals surface area contributed by atoms with Gasteiger partial charge >= 0.3 is 0 Å².